The Bertz CT molecular complexity index is 265. The summed E-state index contributed by atoms with van der Waals surface area (Å²) in [5.74, 6) is 0. The molecule has 1 fully saturated rings. The number of methoxy groups -OCH3 is 1. The fraction of sp³-hybridized carbons (Fsp3) is 0.833. The molecule has 1 aliphatic rings. The summed E-state index contributed by atoms with van der Waals surface area (Å²) in [6, 6.07) is 0. The zero-order valence-corrected chi connectivity index (χ0v) is 12.3. The molecular formula is C12H22LiNO4. The molecule has 6 heteroatoms. The third-order valence-corrected chi connectivity index (χ3v) is 2.73. The Morgan fingerprint density at radius 2 is 2.00 bits per heavy atom. The summed E-state index contributed by atoms with van der Waals surface area (Å²) in [6.45, 7) is 10.1. The van der Waals surface area contributed by atoms with Crippen LogP contribution in [-0.4, -0.2) is 42.6 Å². The number of amides is 1. The van der Waals surface area contributed by atoms with E-state index < -0.39 is 5.72 Å². The van der Waals surface area contributed by atoms with Crippen molar-refractivity contribution >= 4 is 6.09 Å². The SMILES string of the molecule is COCC[CH-]OC(=O)N1C(C)(C)COC1(C)C.[Li+]. The predicted molar refractivity (Wildman–Crippen MR) is 63.2 cm³/mol. The number of nitrogens with zero attached hydrogens (tertiary/aromatic N) is 1. The van der Waals surface area contributed by atoms with Gasteiger partial charge in [0, 0.05) is 13.7 Å². The van der Waals surface area contributed by atoms with Crippen LogP contribution in [0.25, 0.3) is 0 Å². The van der Waals surface area contributed by atoms with Crippen molar-refractivity contribution in [3.8, 4) is 0 Å². The fourth-order valence-corrected chi connectivity index (χ4v) is 2.03. The van der Waals surface area contributed by atoms with Crippen LogP contribution >= 0.6 is 0 Å². The van der Waals surface area contributed by atoms with Crippen LogP contribution in [0.3, 0.4) is 0 Å². The molecule has 0 saturated carbocycles. The first-order chi connectivity index (χ1) is 7.81. The molecule has 0 atom stereocenters. The van der Waals surface area contributed by atoms with Gasteiger partial charge in [0.05, 0.1) is 12.1 Å². The van der Waals surface area contributed by atoms with Gasteiger partial charge >= 0.3 is 25.0 Å². The van der Waals surface area contributed by atoms with Gasteiger partial charge in [-0.1, -0.05) is 0 Å². The largest absolute Gasteiger partial charge is 1.00 e. The van der Waals surface area contributed by atoms with Gasteiger partial charge in [0.1, 0.15) is 5.72 Å². The topological polar surface area (TPSA) is 48.0 Å². The summed E-state index contributed by atoms with van der Waals surface area (Å²) in [5, 5.41) is 0. The van der Waals surface area contributed by atoms with Crippen molar-refractivity contribution in [3.05, 3.63) is 6.61 Å². The van der Waals surface area contributed by atoms with Crippen LogP contribution in [-0.2, 0) is 14.2 Å². The van der Waals surface area contributed by atoms with E-state index in [1.165, 1.54) is 6.61 Å². The molecule has 0 aromatic rings. The van der Waals surface area contributed by atoms with Crippen molar-refractivity contribution in [1.29, 1.82) is 0 Å². The predicted octanol–water partition coefficient (Wildman–Crippen LogP) is -0.828. The Morgan fingerprint density at radius 3 is 2.44 bits per heavy atom. The summed E-state index contributed by atoms with van der Waals surface area (Å²) < 4.78 is 15.6. The van der Waals surface area contributed by atoms with Crippen molar-refractivity contribution < 1.29 is 37.9 Å². The third-order valence-electron chi connectivity index (χ3n) is 2.73. The molecule has 18 heavy (non-hydrogen) atoms. The minimum Gasteiger partial charge on any atom is -0.621 e. The van der Waals surface area contributed by atoms with Gasteiger partial charge in [0.15, 0.2) is 0 Å². The molecule has 0 bridgehead atoms. The van der Waals surface area contributed by atoms with Crippen LogP contribution in [0.5, 0.6) is 0 Å². The maximum Gasteiger partial charge on any atom is 1.00 e. The van der Waals surface area contributed by atoms with E-state index in [0.29, 0.717) is 19.6 Å². The van der Waals surface area contributed by atoms with E-state index in [2.05, 4.69) is 0 Å². The molecule has 0 unspecified atom stereocenters. The Balaban J connectivity index is 0.00000289. The molecule has 0 aromatic carbocycles. The van der Waals surface area contributed by atoms with E-state index >= 15 is 0 Å². The summed E-state index contributed by atoms with van der Waals surface area (Å²) in [4.78, 5) is 13.6. The van der Waals surface area contributed by atoms with E-state index in [-0.39, 0.29) is 30.5 Å². The monoisotopic (exact) mass is 251 g/mol. The second-order valence-corrected chi connectivity index (χ2v) is 5.22. The molecule has 1 heterocycles. The number of hydrogen-bond acceptors (Lipinski definition) is 4. The van der Waals surface area contributed by atoms with Crippen molar-refractivity contribution in [1.82, 2.24) is 4.90 Å². The standard InChI is InChI=1S/C12H22NO4.Li/c1-11(2)9-17-12(3,4)13(11)10(14)16-8-6-7-15-5;/h8H,6-7,9H2,1-5H3;/q-1;+1. The Kier molecular flexibility index (Phi) is 6.73. The van der Waals surface area contributed by atoms with Crippen LogP contribution < -0.4 is 18.9 Å². The van der Waals surface area contributed by atoms with Crippen LogP contribution in [0, 0.1) is 6.61 Å². The van der Waals surface area contributed by atoms with E-state index in [9.17, 15) is 4.79 Å². The summed E-state index contributed by atoms with van der Waals surface area (Å²) >= 11 is 0. The Morgan fingerprint density at radius 1 is 1.39 bits per heavy atom. The molecule has 0 spiro atoms. The van der Waals surface area contributed by atoms with Crippen LogP contribution in [0.4, 0.5) is 4.79 Å². The van der Waals surface area contributed by atoms with E-state index in [4.69, 9.17) is 14.2 Å². The molecule has 0 aliphatic carbocycles. The average molecular weight is 251 g/mol. The van der Waals surface area contributed by atoms with E-state index in [0.717, 1.165) is 0 Å². The van der Waals surface area contributed by atoms with Gasteiger partial charge in [0.25, 0.3) is 0 Å². The van der Waals surface area contributed by atoms with Crippen molar-refractivity contribution in [2.24, 2.45) is 0 Å². The third kappa shape index (κ3) is 4.17. The quantitative estimate of drug-likeness (QED) is 0.372. The summed E-state index contributed by atoms with van der Waals surface area (Å²) in [5.41, 5.74) is -0.981. The first kappa shape index (κ1) is 17.8. The van der Waals surface area contributed by atoms with Gasteiger partial charge < -0.3 is 14.2 Å². The molecule has 100 valence electrons. The van der Waals surface area contributed by atoms with Crippen LogP contribution in [0.15, 0.2) is 0 Å². The first-order valence-corrected chi connectivity index (χ1v) is 5.77. The van der Waals surface area contributed by atoms with E-state index in [1.807, 2.05) is 27.7 Å². The molecule has 1 saturated heterocycles. The molecular weight excluding hydrogens is 229 g/mol. The number of ether oxygens (including phenoxy) is 3. The molecule has 0 radical (unpaired) electrons. The molecule has 1 aliphatic heterocycles. The van der Waals surface area contributed by atoms with Crippen LogP contribution in [0.1, 0.15) is 34.1 Å². The number of carbonyl (C=O) groups excluding carboxylic acids is 1. The number of hydrogen-bond donors (Lipinski definition) is 0. The number of rotatable bonds is 4. The van der Waals surface area contributed by atoms with Crippen molar-refractivity contribution in [2.75, 3.05) is 20.3 Å². The van der Waals surface area contributed by atoms with Gasteiger partial charge in [-0.15, -0.1) is 6.42 Å². The minimum absolute atomic E-state index is 0. The molecule has 0 N–H and O–H groups in total. The van der Waals surface area contributed by atoms with Gasteiger partial charge in [-0.2, -0.15) is 6.61 Å². The zero-order chi connectivity index (χ0) is 13.1. The van der Waals surface area contributed by atoms with Gasteiger partial charge in [-0.3, -0.25) is 4.90 Å². The van der Waals surface area contributed by atoms with Crippen molar-refractivity contribution in [2.45, 2.75) is 45.4 Å². The van der Waals surface area contributed by atoms with Gasteiger partial charge in [0.2, 0.25) is 0 Å². The summed E-state index contributed by atoms with van der Waals surface area (Å²) in [7, 11) is 1.61. The first-order valence-electron chi connectivity index (χ1n) is 5.77. The van der Waals surface area contributed by atoms with E-state index in [1.54, 1.807) is 12.0 Å². The normalized spacial score (nSPS) is 20.4. The number of carbonyl (C=O) groups is 1. The molecule has 5 nitrogen and oxygen atoms in total. The molecule has 1 rings (SSSR count). The maximum absolute atomic E-state index is 12.0. The van der Waals surface area contributed by atoms with Crippen LogP contribution in [0.2, 0.25) is 0 Å². The van der Waals surface area contributed by atoms with Crippen molar-refractivity contribution in [3.63, 3.8) is 0 Å². The second-order valence-electron chi connectivity index (χ2n) is 5.22. The fourth-order valence-electron chi connectivity index (χ4n) is 2.03. The smallest absolute Gasteiger partial charge is 0.621 e. The average Bonchev–Trinajstić information content (AvgIpc) is 2.43. The second kappa shape index (κ2) is 6.81. The minimum atomic E-state index is -0.629. The summed E-state index contributed by atoms with van der Waals surface area (Å²) in [6.07, 6.45) is 0.200. The maximum atomic E-state index is 12.0. The Labute approximate surface area is 121 Å². The molecule has 0 aromatic heterocycles. The Hall–Kier alpha value is -0.213. The van der Waals surface area contributed by atoms with Gasteiger partial charge in [-0.05, 0) is 27.7 Å². The van der Waals surface area contributed by atoms with Gasteiger partial charge in [-0.25, -0.2) is 4.79 Å². The molecule has 1 amide bonds. The zero-order valence-electron chi connectivity index (χ0n) is 12.3.